The Morgan fingerprint density at radius 3 is 2.75 bits per heavy atom. The summed E-state index contributed by atoms with van der Waals surface area (Å²) >= 11 is 1.31. The van der Waals surface area contributed by atoms with Crippen LogP contribution in [0.25, 0.3) is 11.4 Å². The second-order valence-corrected chi connectivity index (χ2v) is 4.62. The van der Waals surface area contributed by atoms with Gasteiger partial charge in [0, 0.05) is 5.38 Å². The van der Waals surface area contributed by atoms with Crippen LogP contribution in [0.2, 0.25) is 0 Å². The van der Waals surface area contributed by atoms with Gasteiger partial charge in [-0.1, -0.05) is 6.07 Å². The van der Waals surface area contributed by atoms with Crippen LogP contribution in [0.15, 0.2) is 28.6 Å². The number of carbonyl (C=O) groups excluding carboxylic acids is 1. The number of primary amides is 1. The number of nitrogens with one attached hydrogen (secondary N) is 1. The maximum Gasteiger partial charge on any atom is 0.312 e. The van der Waals surface area contributed by atoms with Crippen molar-refractivity contribution in [3.63, 3.8) is 0 Å². The highest BCUT2D eigenvalue weighted by Gasteiger charge is 2.06. The molecule has 2 rings (SSSR count). The van der Waals surface area contributed by atoms with Crippen LogP contribution >= 0.6 is 11.3 Å². The zero-order valence-corrected chi connectivity index (χ0v) is 11.2. The zero-order valence-electron chi connectivity index (χ0n) is 10.4. The van der Waals surface area contributed by atoms with Crippen LogP contribution in [-0.2, 0) is 6.54 Å². The van der Waals surface area contributed by atoms with E-state index in [1.807, 2.05) is 12.1 Å². The fourth-order valence-corrected chi connectivity index (χ4v) is 2.14. The van der Waals surface area contributed by atoms with Crippen molar-refractivity contribution in [3.05, 3.63) is 29.3 Å². The van der Waals surface area contributed by atoms with Crippen molar-refractivity contribution in [3.8, 4) is 11.4 Å². The minimum atomic E-state index is -0.596. The van der Waals surface area contributed by atoms with Crippen LogP contribution < -0.4 is 22.5 Å². The summed E-state index contributed by atoms with van der Waals surface area (Å²) in [5.74, 6) is -0.0433. The summed E-state index contributed by atoms with van der Waals surface area (Å²) in [6, 6.07) is 4.81. The largest absolute Gasteiger partial charge is 0.370 e. The number of guanidine groups is 1. The van der Waals surface area contributed by atoms with Gasteiger partial charge >= 0.3 is 6.03 Å². The monoisotopic (exact) mass is 291 g/mol. The molecule has 9 heteroatoms. The van der Waals surface area contributed by atoms with Gasteiger partial charge in [-0.3, -0.25) is 0 Å². The molecule has 104 valence electrons. The zero-order chi connectivity index (χ0) is 14.5. The fourth-order valence-electron chi connectivity index (χ4n) is 1.44. The fraction of sp³-hybridized carbons (Fsp3) is 0.0909. The Balaban J connectivity index is 2.20. The third-order valence-corrected chi connectivity index (χ3v) is 2.96. The number of amides is 2. The smallest absolute Gasteiger partial charge is 0.312 e. The predicted octanol–water partition coefficient (Wildman–Crippen LogP) is 0.278. The quantitative estimate of drug-likeness (QED) is 0.472. The lowest BCUT2D eigenvalue weighted by atomic mass is 10.2. The van der Waals surface area contributed by atoms with Crippen LogP contribution in [0.1, 0.15) is 5.69 Å². The number of nitrogens with zero attached hydrogens (tertiary/aromatic N) is 3. The van der Waals surface area contributed by atoms with Crippen LogP contribution in [0.4, 0.5) is 9.93 Å². The van der Waals surface area contributed by atoms with Gasteiger partial charge in [0.15, 0.2) is 5.96 Å². The van der Waals surface area contributed by atoms with Crippen molar-refractivity contribution in [2.24, 2.45) is 22.2 Å². The molecule has 2 aromatic rings. The topological polar surface area (TPSA) is 145 Å². The Morgan fingerprint density at radius 2 is 2.05 bits per heavy atom. The first-order valence-electron chi connectivity index (χ1n) is 5.59. The Morgan fingerprint density at radius 1 is 1.25 bits per heavy atom. The number of thiazole rings is 1. The van der Waals surface area contributed by atoms with Gasteiger partial charge in [0.1, 0.15) is 5.69 Å². The summed E-state index contributed by atoms with van der Waals surface area (Å²) in [7, 11) is 0. The highest BCUT2D eigenvalue weighted by molar-refractivity contribution is 7.13. The maximum absolute atomic E-state index is 10.7. The second-order valence-electron chi connectivity index (χ2n) is 3.78. The first kappa shape index (κ1) is 13.7. The molecule has 2 amide bonds. The Bertz CT molecular complexity index is 648. The number of hydrogen-bond donors (Lipinski definition) is 4. The summed E-state index contributed by atoms with van der Waals surface area (Å²) < 4.78 is 0. The van der Waals surface area contributed by atoms with Gasteiger partial charge in [0.2, 0.25) is 5.13 Å². The number of pyridine rings is 1. The molecular weight excluding hydrogens is 278 g/mol. The molecule has 0 aliphatic heterocycles. The maximum atomic E-state index is 10.7. The molecule has 8 nitrogen and oxygen atoms in total. The molecule has 0 bridgehead atoms. The lowest BCUT2D eigenvalue weighted by Crippen LogP contribution is -2.28. The van der Waals surface area contributed by atoms with Gasteiger partial charge in [0.05, 0.1) is 17.9 Å². The van der Waals surface area contributed by atoms with Gasteiger partial charge in [-0.15, -0.1) is 11.3 Å². The third-order valence-electron chi connectivity index (χ3n) is 2.23. The van der Waals surface area contributed by atoms with Gasteiger partial charge in [-0.05, 0) is 12.1 Å². The number of urea groups is 1. The molecule has 0 saturated heterocycles. The van der Waals surface area contributed by atoms with E-state index in [-0.39, 0.29) is 12.5 Å². The SMILES string of the molecule is NC(=O)NCc1cccc(-c2csc(N=C(N)N)n2)n1. The molecule has 7 N–H and O–H groups in total. The van der Waals surface area contributed by atoms with Crippen LogP contribution in [0.3, 0.4) is 0 Å². The van der Waals surface area contributed by atoms with Crippen molar-refractivity contribution in [1.82, 2.24) is 15.3 Å². The average Bonchev–Trinajstić information content (AvgIpc) is 2.84. The molecule has 0 fully saturated rings. The van der Waals surface area contributed by atoms with Crippen LogP contribution in [0.5, 0.6) is 0 Å². The second kappa shape index (κ2) is 5.97. The first-order chi connectivity index (χ1) is 9.54. The number of aliphatic imine (C=N–C) groups is 1. The van der Waals surface area contributed by atoms with Crippen molar-refractivity contribution in [2.75, 3.05) is 0 Å². The van der Waals surface area contributed by atoms with Crippen molar-refractivity contribution in [2.45, 2.75) is 6.54 Å². The van der Waals surface area contributed by atoms with E-state index < -0.39 is 6.03 Å². The molecule has 0 aliphatic rings. The predicted molar refractivity (Wildman–Crippen MR) is 77.2 cm³/mol. The highest BCUT2D eigenvalue weighted by atomic mass is 32.1. The van der Waals surface area contributed by atoms with E-state index in [9.17, 15) is 4.79 Å². The third kappa shape index (κ3) is 3.65. The van der Waals surface area contributed by atoms with E-state index in [0.717, 1.165) is 0 Å². The van der Waals surface area contributed by atoms with Crippen LogP contribution in [-0.4, -0.2) is 22.0 Å². The number of rotatable bonds is 4. The van der Waals surface area contributed by atoms with Crippen LogP contribution in [0, 0.1) is 0 Å². The van der Waals surface area contributed by atoms with Crippen molar-refractivity contribution >= 4 is 28.5 Å². The normalized spacial score (nSPS) is 10.0. The van der Waals surface area contributed by atoms with Crippen molar-refractivity contribution in [1.29, 1.82) is 0 Å². The molecule has 2 aromatic heterocycles. The summed E-state index contributed by atoms with van der Waals surface area (Å²) in [6.45, 7) is 0.258. The Kier molecular flexibility index (Phi) is 4.11. The molecule has 0 unspecified atom stereocenters. The molecule has 20 heavy (non-hydrogen) atoms. The number of carbonyl (C=O) groups is 1. The van der Waals surface area contributed by atoms with Gasteiger partial charge in [-0.25, -0.2) is 14.8 Å². The lowest BCUT2D eigenvalue weighted by molar-refractivity contribution is 0.248. The number of aromatic nitrogens is 2. The van der Waals surface area contributed by atoms with Gasteiger partial charge < -0.3 is 22.5 Å². The van der Waals surface area contributed by atoms with Gasteiger partial charge in [-0.2, -0.15) is 4.99 Å². The van der Waals surface area contributed by atoms with Gasteiger partial charge in [0.25, 0.3) is 0 Å². The summed E-state index contributed by atoms with van der Waals surface area (Å²) in [5, 5.41) is 4.74. The minimum absolute atomic E-state index is 0.0433. The molecular formula is C11H13N7OS. The van der Waals surface area contributed by atoms with E-state index in [1.165, 1.54) is 11.3 Å². The van der Waals surface area contributed by atoms with E-state index in [1.54, 1.807) is 11.4 Å². The standard InChI is InChI=1S/C11H13N7OS/c12-9(13)18-11-17-8(5-20-11)7-3-1-2-6(16-7)4-15-10(14)19/h1-3,5H,4H2,(H3,14,15,19)(H4,12,13,17,18). The molecule has 0 radical (unpaired) electrons. The Hall–Kier alpha value is -2.68. The molecule has 0 aromatic carbocycles. The average molecular weight is 291 g/mol. The van der Waals surface area contributed by atoms with Crippen molar-refractivity contribution < 1.29 is 4.79 Å². The summed E-state index contributed by atoms with van der Waals surface area (Å²) in [4.78, 5) is 23.2. The van der Waals surface area contributed by atoms with E-state index in [0.29, 0.717) is 22.2 Å². The van der Waals surface area contributed by atoms with E-state index >= 15 is 0 Å². The molecule has 0 aliphatic carbocycles. The first-order valence-corrected chi connectivity index (χ1v) is 6.47. The molecule has 0 atom stereocenters. The van der Waals surface area contributed by atoms with E-state index in [4.69, 9.17) is 17.2 Å². The lowest BCUT2D eigenvalue weighted by Gasteiger charge is -2.03. The summed E-state index contributed by atoms with van der Waals surface area (Å²) in [5.41, 5.74) is 17.6. The summed E-state index contributed by atoms with van der Waals surface area (Å²) in [6.07, 6.45) is 0. The molecule has 0 saturated carbocycles. The number of nitrogens with two attached hydrogens (primary N) is 3. The number of hydrogen-bond acceptors (Lipinski definition) is 5. The minimum Gasteiger partial charge on any atom is -0.370 e. The van der Waals surface area contributed by atoms with E-state index in [2.05, 4.69) is 20.3 Å². The Labute approximate surface area is 118 Å². The molecule has 2 heterocycles. The molecule has 0 spiro atoms. The highest BCUT2D eigenvalue weighted by Crippen LogP contribution is 2.25.